The summed E-state index contributed by atoms with van der Waals surface area (Å²) in [4.78, 5) is 12.2. The van der Waals surface area contributed by atoms with E-state index in [0.29, 0.717) is 13.0 Å². The first-order chi connectivity index (χ1) is 10.1. The van der Waals surface area contributed by atoms with Crippen LogP contribution >= 0.6 is 0 Å². The van der Waals surface area contributed by atoms with Gasteiger partial charge in [0.15, 0.2) is 0 Å². The van der Waals surface area contributed by atoms with Crippen LogP contribution in [0.25, 0.3) is 0 Å². The van der Waals surface area contributed by atoms with Crippen LogP contribution in [0.1, 0.15) is 38.2 Å². The summed E-state index contributed by atoms with van der Waals surface area (Å²) in [6.45, 7) is 3.27. The highest BCUT2D eigenvalue weighted by atomic mass is 16.5. The van der Waals surface area contributed by atoms with E-state index >= 15 is 0 Å². The highest BCUT2D eigenvalue weighted by Crippen LogP contribution is 2.22. The number of hydrogen-bond acceptors (Lipinski definition) is 3. The maximum Gasteiger partial charge on any atom is 0.220 e. The van der Waals surface area contributed by atoms with E-state index in [1.807, 2.05) is 37.3 Å². The van der Waals surface area contributed by atoms with Gasteiger partial charge in [0.05, 0.1) is 18.2 Å². The Balaban J connectivity index is 1.93. The van der Waals surface area contributed by atoms with Crippen molar-refractivity contribution in [3.05, 3.63) is 35.9 Å². The topological polar surface area (TPSA) is 47.6 Å². The zero-order chi connectivity index (χ0) is 15.1. The fourth-order valence-electron chi connectivity index (χ4n) is 2.82. The predicted molar refractivity (Wildman–Crippen MR) is 82.0 cm³/mol. The summed E-state index contributed by atoms with van der Waals surface area (Å²) in [5.41, 5.74) is 0.557. The summed E-state index contributed by atoms with van der Waals surface area (Å²) in [6, 6.07) is 9.94. The molecule has 1 saturated heterocycles. The lowest BCUT2D eigenvalue weighted by atomic mass is 9.92. The monoisotopic (exact) mass is 291 g/mol. The number of rotatable bonds is 7. The molecule has 1 N–H and O–H groups in total. The Bertz CT molecular complexity index is 443. The van der Waals surface area contributed by atoms with Crippen molar-refractivity contribution in [3.8, 4) is 0 Å². The van der Waals surface area contributed by atoms with Crippen LogP contribution in [0.15, 0.2) is 30.3 Å². The maximum atomic E-state index is 12.2. The minimum absolute atomic E-state index is 0.0499. The van der Waals surface area contributed by atoms with Crippen molar-refractivity contribution in [3.63, 3.8) is 0 Å². The summed E-state index contributed by atoms with van der Waals surface area (Å²) in [7, 11) is 1.65. The van der Waals surface area contributed by atoms with Crippen molar-refractivity contribution < 1.29 is 14.3 Å². The van der Waals surface area contributed by atoms with E-state index in [0.717, 1.165) is 31.4 Å². The molecule has 1 amide bonds. The van der Waals surface area contributed by atoms with E-state index < -0.39 is 5.54 Å². The number of amides is 1. The molecule has 0 bridgehead atoms. The smallest absolute Gasteiger partial charge is 0.220 e. The molecular formula is C17H25NO3. The molecule has 1 fully saturated rings. The van der Waals surface area contributed by atoms with E-state index in [2.05, 4.69) is 5.32 Å². The van der Waals surface area contributed by atoms with E-state index in [1.54, 1.807) is 7.11 Å². The van der Waals surface area contributed by atoms with Gasteiger partial charge in [0.2, 0.25) is 5.91 Å². The van der Waals surface area contributed by atoms with E-state index in [4.69, 9.17) is 9.47 Å². The normalized spacial score (nSPS) is 21.0. The van der Waals surface area contributed by atoms with Crippen LogP contribution < -0.4 is 5.32 Å². The van der Waals surface area contributed by atoms with Crippen LogP contribution in [-0.4, -0.2) is 32.3 Å². The zero-order valence-electron chi connectivity index (χ0n) is 12.9. The second kappa shape index (κ2) is 7.57. The third kappa shape index (κ3) is 4.55. The van der Waals surface area contributed by atoms with Gasteiger partial charge in [0, 0.05) is 20.1 Å². The second-order valence-electron chi connectivity index (χ2n) is 5.85. The van der Waals surface area contributed by atoms with Gasteiger partial charge in [0.1, 0.15) is 0 Å². The standard InChI is InChI=1S/C17H25NO3/c1-17(13-20-2,14-7-4-3-5-8-14)18-16(19)11-10-15-9-6-12-21-15/h3-5,7-8,15H,6,9-13H2,1-2H3,(H,18,19)/t15-,17-/m1/s1. The van der Waals surface area contributed by atoms with Crippen molar-refractivity contribution in [1.29, 1.82) is 0 Å². The zero-order valence-corrected chi connectivity index (χ0v) is 12.9. The molecule has 0 saturated carbocycles. The van der Waals surface area contributed by atoms with Crippen LogP contribution in [0.3, 0.4) is 0 Å². The Labute approximate surface area is 126 Å². The number of benzene rings is 1. The molecule has 4 nitrogen and oxygen atoms in total. The number of ether oxygens (including phenoxy) is 2. The van der Waals surface area contributed by atoms with E-state index in [1.165, 1.54) is 0 Å². The van der Waals surface area contributed by atoms with Crippen LogP contribution in [0.2, 0.25) is 0 Å². The van der Waals surface area contributed by atoms with Gasteiger partial charge in [-0.3, -0.25) is 4.79 Å². The molecule has 4 heteroatoms. The van der Waals surface area contributed by atoms with Gasteiger partial charge in [-0.2, -0.15) is 0 Å². The number of nitrogens with one attached hydrogen (secondary N) is 1. The molecule has 1 heterocycles. The van der Waals surface area contributed by atoms with Gasteiger partial charge in [0.25, 0.3) is 0 Å². The Morgan fingerprint density at radius 2 is 2.19 bits per heavy atom. The first-order valence-electron chi connectivity index (χ1n) is 7.61. The Morgan fingerprint density at radius 3 is 2.81 bits per heavy atom. The maximum absolute atomic E-state index is 12.2. The molecule has 1 aliphatic heterocycles. The first kappa shape index (κ1) is 16.0. The molecule has 0 spiro atoms. The van der Waals surface area contributed by atoms with Crippen molar-refractivity contribution in [2.45, 2.75) is 44.2 Å². The molecule has 0 aromatic heterocycles. The molecule has 2 atom stereocenters. The molecule has 2 rings (SSSR count). The van der Waals surface area contributed by atoms with Gasteiger partial charge in [-0.1, -0.05) is 30.3 Å². The molecule has 1 aromatic rings. The summed E-state index contributed by atoms with van der Waals surface area (Å²) in [5, 5.41) is 3.12. The summed E-state index contributed by atoms with van der Waals surface area (Å²) >= 11 is 0. The van der Waals surface area contributed by atoms with Crippen LogP contribution in [0.4, 0.5) is 0 Å². The molecule has 0 radical (unpaired) electrons. The first-order valence-corrected chi connectivity index (χ1v) is 7.61. The Kier molecular flexibility index (Phi) is 5.76. The predicted octanol–water partition coefficient (Wildman–Crippen LogP) is 2.62. The highest BCUT2D eigenvalue weighted by molar-refractivity contribution is 5.77. The van der Waals surface area contributed by atoms with Gasteiger partial charge in [-0.25, -0.2) is 0 Å². The largest absolute Gasteiger partial charge is 0.382 e. The lowest BCUT2D eigenvalue weighted by Gasteiger charge is -2.31. The molecule has 1 aromatic carbocycles. The van der Waals surface area contributed by atoms with Crippen molar-refractivity contribution >= 4 is 5.91 Å². The van der Waals surface area contributed by atoms with Crippen molar-refractivity contribution in [2.24, 2.45) is 0 Å². The van der Waals surface area contributed by atoms with Crippen LogP contribution in [0.5, 0.6) is 0 Å². The molecule has 0 aliphatic carbocycles. The van der Waals surface area contributed by atoms with Crippen LogP contribution in [0, 0.1) is 0 Å². The van der Waals surface area contributed by atoms with E-state index in [9.17, 15) is 4.79 Å². The van der Waals surface area contributed by atoms with Crippen molar-refractivity contribution in [2.75, 3.05) is 20.3 Å². The fourth-order valence-corrected chi connectivity index (χ4v) is 2.82. The van der Waals surface area contributed by atoms with Crippen molar-refractivity contribution in [1.82, 2.24) is 5.32 Å². The average molecular weight is 291 g/mol. The van der Waals surface area contributed by atoms with Gasteiger partial charge < -0.3 is 14.8 Å². The molecular weight excluding hydrogens is 266 g/mol. The highest BCUT2D eigenvalue weighted by Gasteiger charge is 2.28. The minimum atomic E-state index is -0.496. The number of hydrogen-bond donors (Lipinski definition) is 1. The average Bonchev–Trinajstić information content (AvgIpc) is 3.00. The molecule has 1 aliphatic rings. The summed E-state index contributed by atoms with van der Waals surface area (Å²) in [6.07, 6.45) is 3.72. The van der Waals surface area contributed by atoms with Crippen LogP contribution in [-0.2, 0) is 19.8 Å². The lowest BCUT2D eigenvalue weighted by Crippen LogP contribution is -2.46. The van der Waals surface area contributed by atoms with Gasteiger partial charge in [-0.05, 0) is 31.7 Å². The summed E-state index contributed by atoms with van der Waals surface area (Å²) < 4.78 is 10.9. The fraction of sp³-hybridized carbons (Fsp3) is 0.588. The Hall–Kier alpha value is -1.39. The Morgan fingerprint density at radius 1 is 1.43 bits per heavy atom. The third-order valence-corrected chi connectivity index (χ3v) is 3.98. The number of carbonyl (C=O) groups excluding carboxylic acids is 1. The summed E-state index contributed by atoms with van der Waals surface area (Å²) in [5.74, 6) is 0.0499. The van der Waals surface area contributed by atoms with Gasteiger partial charge in [-0.15, -0.1) is 0 Å². The minimum Gasteiger partial charge on any atom is -0.382 e. The molecule has 21 heavy (non-hydrogen) atoms. The van der Waals surface area contributed by atoms with E-state index in [-0.39, 0.29) is 12.0 Å². The molecule has 0 unspecified atom stereocenters. The quantitative estimate of drug-likeness (QED) is 0.840. The number of methoxy groups -OCH3 is 1. The second-order valence-corrected chi connectivity index (χ2v) is 5.85. The van der Waals surface area contributed by atoms with Gasteiger partial charge >= 0.3 is 0 Å². The lowest BCUT2D eigenvalue weighted by molar-refractivity contribution is -0.124. The number of carbonyl (C=O) groups is 1. The molecule has 116 valence electrons. The SMILES string of the molecule is COC[C@@](C)(NC(=O)CC[C@H]1CCCO1)c1ccccc1. The third-order valence-electron chi connectivity index (χ3n) is 3.98.